The van der Waals surface area contributed by atoms with E-state index in [2.05, 4.69) is 11.8 Å². The van der Waals surface area contributed by atoms with Gasteiger partial charge in [0, 0.05) is 19.5 Å². The van der Waals surface area contributed by atoms with Gasteiger partial charge in [0.05, 0.1) is 0 Å². The van der Waals surface area contributed by atoms with Crippen molar-refractivity contribution >= 4 is 5.91 Å². The Kier molecular flexibility index (Phi) is 3.66. The minimum absolute atomic E-state index is 0.397. The number of hydrogen-bond acceptors (Lipinski definition) is 1. The van der Waals surface area contributed by atoms with E-state index in [-0.39, 0.29) is 0 Å². The van der Waals surface area contributed by atoms with Gasteiger partial charge < -0.3 is 4.90 Å². The summed E-state index contributed by atoms with van der Waals surface area (Å²) in [4.78, 5) is 14.0. The molecule has 1 amide bonds. The molecule has 1 aliphatic heterocycles. The Balaban J connectivity index is 1.75. The Morgan fingerprint density at radius 3 is 2.33 bits per heavy atom. The van der Waals surface area contributed by atoms with Crippen LogP contribution in [0.15, 0.2) is 0 Å². The number of carbonyl (C=O) groups excluding carboxylic acids is 1. The number of hydrogen-bond donors (Lipinski definition) is 0. The molecule has 2 aliphatic rings. The van der Waals surface area contributed by atoms with E-state index >= 15 is 0 Å². The Morgan fingerprint density at radius 1 is 1.13 bits per heavy atom. The van der Waals surface area contributed by atoms with E-state index in [1.54, 1.807) is 0 Å². The van der Waals surface area contributed by atoms with Crippen molar-refractivity contribution in [2.75, 3.05) is 13.1 Å². The van der Waals surface area contributed by atoms with Crippen LogP contribution in [0.3, 0.4) is 0 Å². The maximum atomic E-state index is 12.0. The first-order valence-corrected chi connectivity index (χ1v) is 6.36. The van der Waals surface area contributed by atoms with Crippen molar-refractivity contribution < 1.29 is 4.79 Å². The van der Waals surface area contributed by atoms with Crippen LogP contribution in [-0.4, -0.2) is 23.9 Å². The van der Waals surface area contributed by atoms with Gasteiger partial charge in [-0.05, 0) is 37.5 Å². The summed E-state index contributed by atoms with van der Waals surface area (Å²) >= 11 is 0. The van der Waals surface area contributed by atoms with Gasteiger partial charge in [0.1, 0.15) is 0 Å². The molecule has 0 N–H and O–H groups in total. The Hall–Kier alpha value is -0.530. The van der Waals surface area contributed by atoms with Gasteiger partial charge in [0.2, 0.25) is 5.91 Å². The molecule has 1 heterocycles. The lowest BCUT2D eigenvalue weighted by atomic mass is 9.97. The van der Waals surface area contributed by atoms with Gasteiger partial charge in [0.25, 0.3) is 0 Å². The Labute approximate surface area is 93.0 Å². The fraction of sp³-hybridized carbons (Fsp3) is 0.846. The van der Waals surface area contributed by atoms with E-state index in [4.69, 9.17) is 0 Å². The highest BCUT2D eigenvalue weighted by atomic mass is 16.2. The zero-order valence-corrected chi connectivity index (χ0v) is 9.58. The summed E-state index contributed by atoms with van der Waals surface area (Å²) in [5.41, 5.74) is 0. The third-order valence-corrected chi connectivity index (χ3v) is 3.91. The number of rotatable bonds is 2. The van der Waals surface area contributed by atoms with Gasteiger partial charge in [-0.2, -0.15) is 0 Å². The molecule has 0 aromatic rings. The molecule has 0 aromatic carbocycles. The Bertz CT molecular complexity index is 213. The number of piperidine rings is 1. The second-order valence-corrected chi connectivity index (χ2v) is 5.18. The quantitative estimate of drug-likeness (QED) is 0.683. The predicted molar refractivity (Wildman–Crippen MR) is 61.2 cm³/mol. The largest absolute Gasteiger partial charge is 0.343 e. The number of carbonyl (C=O) groups is 1. The van der Waals surface area contributed by atoms with Crippen LogP contribution in [0.2, 0.25) is 0 Å². The van der Waals surface area contributed by atoms with Crippen molar-refractivity contribution in [3.05, 3.63) is 6.92 Å². The van der Waals surface area contributed by atoms with Crippen LogP contribution >= 0.6 is 0 Å². The van der Waals surface area contributed by atoms with Crippen molar-refractivity contribution in [2.24, 2.45) is 11.8 Å². The lowest BCUT2D eigenvalue weighted by Gasteiger charge is -2.31. The smallest absolute Gasteiger partial charge is 0.222 e. The lowest BCUT2D eigenvalue weighted by molar-refractivity contribution is -0.133. The summed E-state index contributed by atoms with van der Waals surface area (Å²) in [7, 11) is 0. The average molecular weight is 208 g/mol. The molecule has 0 bridgehead atoms. The monoisotopic (exact) mass is 208 g/mol. The molecular weight excluding hydrogens is 186 g/mol. The topological polar surface area (TPSA) is 20.3 Å². The second kappa shape index (κ2) is 5.00. The van der Waals surface area contributed by atoms with Gasteiger partial charge in [-0.1, -0.05) is 19.8 Å². The van der Waals surface area contributed by atoms with Gasteiger partial charge in [-0.15, -0.1) is 0 Å². The first-order chi connectivity index (χ1) is 7.25. The summed E-state index contributed by atoms with van der Waals surface area (Å²) in [5, 5.41) is 0. The molecule has 15 heavy (non-hydrogen) atoms. The first kappa shape index (κ1) is 11.0. The van der Waals surface area contributed by atoms with Crippen molar-refractivity contribution in [1.29, 1.82) is 0 Å². The minimum Gasteiger partial charge on any atom is -0.343 e. The van der Waals surface area contributed by atoms with Crippen LogP contribution in [0, 0.1) is 18.8 Å². The maximum Gasteiger partial charge on any atom is 0.222 e. The summed E-state index contributed by atoms with van der Waals surface area (Å²) < 4.78 is 0. The fourth-order valence-corrected chi connectivity index (χ4v) is 2.77. The van der Waals surface area contributed by atoms with E-state index in [1.165, 1.54) is 25.7 Å². The number of nitrogens with zero attached hydrogens (tertiary/aromatic N) is 1. The van der Waals surface area contributed by atoms with Crippen molar-refractivity contribution in [3.63, 3.8) is 0 Å². The number of amides is 1. The average Bonchev–Trinajstić information content (AvgIpc) is 2.71. The maximum absolute atomic E-state index is 12.0. The fourth-order valence-electron chi connectivity index (χ4n) is 2.77. The highest BCUT2D eigenvalue weighted by molar-refractivity contribution is 5.76. The molecule has 2 heteroatoms. The molecule has 2 nitrogen and oxygen atoms in total. The molecule has 1 saturated carbocycles. The molecule has 1 saturated heterocycles. The summed E-state index contributed by atoms with van der Waals surface area (Å²) in [5.74, 6) is 1.66. The van der Waals surface area contributed by atoms with Crippen LogP contribution < -0.4 is 0 Å². The van der Waals surface area contributed by atoms with E-state index < -0.39 is 0 Å². The third kappa shape index (κ3) is 2.96. The summed E-state index contributed by atoms with van der Waals surface area (Å²) in [6, 6.07) is 0. The molecule has 1 aliphatic carbocycles. The normalized spacial score (nSPS) is 24.7. The molecule has 0 spiro atoms. The SMILES string of the molecule is [CH2]C1CCN(C(=O)CC2CCCC2)CC1. The second-order valence-electron chi connectivity index (χ2n) is 5.18. The van der Waals surface area contributed by atoms with Crippen LogP contribution in [0.25, 0.3) is 0 Å². The molecule has 0 atom stereocenters. The standard InChI is InChI=1S/C13H22NO/c1-11-6-8-14(9-7-11)13(15)10-12-4-2-3-5-12/h11-12H,1-10H2. The van der Waals surface area contributed by atoms with E-state index in [1.807, 2.05) is 0 Å². The lowest BCUT2D eigenvalue weighted by Crippen LogP contribution is -2.38. The van der Waals surface area contributed by atoms with Crippen LogP contribution in [0.4, 0.5) is 0 Å². The highest BCUT2D eigenvalue weighted by Gasteiger charge is 2.24. The molecule has 0 unspecified atom stereocenters. The van der Waals surface area contributed by atoms with Gasteiger partial charge in [-0.3, -0.25) is 4.79 Å². The van der Waals surface area contributed by atoms with Gasteiger partial charge in [0.15, 0.2) is 0 Å². The minimum atomic E-state index is 0.397. The third-order valence-electron chi connectivity index (χ3n) is 3.91. The summed E-state index contributed by atoms with van der Waals surface area (Å²) in [6.07, 6.45) is 8.21. The van der Waals surface area contributed by atoms with Gasteiger partial charge >= 0.3 is 0 Å². The molecule has 2 fully saturated rings. The zero-order valence-electron chi connectivity index (χ0n) is 9.58. The van der Waals surface area contributed by atoms with Crippen molar-refractivity contribution in [2.45, 2.75) is 44.9 Å². The molecule has 2 rings (SSSR count). The first-order valence-electron chi connectivity index (χ1n) is 6.36. The molecule has 85 valence electrons. The van der Waals surface area contributed by atoms with Crippen LogP contribution in [0.5, 0.6) is 0 Å². The molecule has 1 radical (unpaired) electrons. The predicted octanol–water partition coefficient (Wildman–Crippen LogP) is 2.64. The van der Waals surface area contributed by atoms with E-state index in [9.17, 15) is 4.79 Å². The summed E-state index contributed by atoms with van der Waals surface area (Å²) in [6.45, 7) is 5.94. The van der Waals surface area contributed by atoms with Crippen LogP contribution in [-0.2, 0) is 4.79 Å². The van der Waals surface area contributed by atoms with Gasteiger partial charge in [-0.25, -0.2) is 0 Å². The van der Waals surface area contributed by atoms with Crippen molar-refractivity contribution in [3.8, 4) is 0 Å². The Morgan fingerprint density at radius 2 is 1.73 bits per heavy atom. The van der Waals surface area contributed by atoms with E-state index in [0.717, 1.165) is 32.4 Å². The number of likely N-dealkylation sites (tertiary alicyclic amines) is 1. The zero-order chi connectivity index (χ0) is 10.7. The van der Waals surface area contributed by atoms with Crippen LogP contribution in [0.1, 0.15) is 44.9 Å². The highest BCUT2D eigenvalue weighted by Crippen LogP contribution is 2.28. The van der Waals surface area contributed by atoms with E-state index in [0.29, 0.717) is 17.7 Å². The molecule has 0 aromatic heterocycles. The van der Waals surface area contributed by atoms with Crippen molar-refractivity contribution in [1.82, 2.24) is 4.90 Å². The molecular formula is C13H22NO.